The molecule has 0 unspecified atom stereocenters. The molecular formula is C24H18FN3O4S. The zero-order chi connectivity index (χ0) is 22.6. The maximum absolute atomic E-state index is 13.9. The molecule has 166 valence electrons. The average molecular weight is 463 g/mol. The van der Waals surface area contributed by atoms with Crippen molar-refractivity contribution in [1.29, 1.82) is 0 Å². The molecule has 1 aromatic heterocycles. The zero-order valence-electron chi connectivity index (χ0n) is 17.3. The van der Waals surface area contributed by atoms with Crippen LogP contribution in [0.25, 0.3) is 5.69 Å². The van der Waals surface area contributed by atoms with Crippen LogP contribution < -0.4 is 14.2 Å². The Morgan fingerprint density at radius 2 is 1.79 bits per heavy atom. The van der Waals surface area contributed by atoms with Gasteiger partial charge in [0.1, 0.15) is 6.61 Å². The number of nitrogens with zero attached hydrogens (tertiary/aromatic N) is 3. The Morgan fingerprint density at radius 1 is 1.00 bits per heavy atom. The number of Topliss-reactive ketones (excluding diaryl/α,β-unsaturated/α-hetero) is 1. The number of halogens is 1. The lowest BCUT2D eigenvalue weighted by Crippen LogP contribution is -2.08. The Bertz CT molecular complexity index is 1300. The number of rotatable bonds is 8. The number of aromatic nitrogens is 3. The van der Waals surface area contributed by atoms with Crippen LogP contribution >= 0.6 is 11.8 Å². The molecule has 4 aromatic rings. The van der Waals surface area contributed by atoms with Gasteiger partial charge in [0, 0.05) is 11.3 Å². The van der Waals surface area contributed by atoms with Gasteiger partial charge in [-0.15, -0.1) is 10.2 Å². The van der Waals surface area contributed by atoms with Crippen LogP contribution in [0.2, 0.25) is 0 Å². The SMILES string of the molecule is O=C(CSc1nnc(COc2ccccc2F)n1-c1ccccc1)c1ccc2c(c1)OCO2. The number of thioether (sulfide) groups is 1. The number of fused-ring (bicyclic) bond motifs is 1. The third kappa shape index (κ3) is 4.54. The Labute approximate surface area is 193 Å². The quantitative estimate of drug-likeness (QED) is 0.277. The highest BCUT2D eigenvalue weighted by molar-refractivity contribution is 7.99. The number of ketones is 1. The van der Waals surface area contributed by atoms with E-state index >= 15 is 0 Å². The summed E-state index contributed by atoms with van der Waals surface area (Å²) in [5.41, 5.74) is 1.34. The molecule has 0 N–H and O–H groups in total. The van der Waals surface area contributed by atoms with Crippen LogP contribution in [0, 0.1) is 5.82 Å². The van der Waals surface area contributed by atoms with Crippen LogP contribution in [-0.2, 0) is 6.61 Å². The van der Waals surface area contributed by atoms with Gasteiger partial charge < -0.3 is 14.2 Å². The minimum absolute atomic E-state index is 0.0134. The summed E-state index contributed by atoms with van der Waals surface area (Å²) in [7, 11) is 0. The first-order chi connectivity index (χ1) is 16.2. The smallest absolute Gasteiger partial charge is 0.231 e. The van der Waals surface area contributed by atoms with Crippen molar-refractivity contribution in [3.63, 3.8) is 0 Å². The molecule has 0 atom stereocenters. The van der Waals surface area contributed by atoms with Gasteiger partial charge in [0.15, 0.2) is 39.8 Å². The van der Waals surface area contributed by atoms with Crippen LogP contribution in [0.15, 0.2) is 78.0 Å². The molecule has 0 radical (unpaired) electrons. The number of para-hydroxylation sites is 2. The Balaban J connectivity index is 1.36. The molecule has 2 heterocycles. The third-order valence-corrected chi connectivity index (χ3v) is 5.86. The monoisotopic (exact) mass is 463 g/mol. The second kappa shape index (κ2) is 9.33. The fourth-order valence-electron chi connectivity index (χ4n) is 3.31. The number of hydrogen-bond acceptors (Lipinski definition) is 7. The standard InChI is InChI=1S/C24H18FN3O4S/c25-18-8-4-5-9-20(18)30-13-23-26-27-24(28(23)17-6-2-1-3-7-17)33-14-19(29)16-10-11-21-22(12-16)32-15-31-21/h1-12H,13-15H2. The molecule has 3 aromatic carbocycles. The van der Waals surface area contributed by atoms with E-state index in [-0.39, 0.29) is 30.7 Å². The van der Waals surface area contributed by atoms with Crippen molar-refractivity contribution in [3.8, 4) is 22.9 Å². The highest BCUT2D eigenvalue weighted by atomic mass is 32.2. The van der Waals surface area contributed by atoms with Crippen LogP contribution in [0.4, 0.5) is 4.39 Å². The summed E-state index contributed by atoms with van der Waals surface area (Å²) >= 11 is 1.26. The van der Waals surface area contributed by atoms with E-state index in [0.29, 0.717) is 28.0 Å². The second-order valence-corrected chi connectivity index (χ2v) is 8.01. The molecule has 33 heavy (non-hydrogen) atoms. The number of carbonyl (C=O) groups excluding carboxylic acids is 1. The molecule has 0 spiro atoms. The van der Waals surface area contributed by atoms with E-state index in [9.17, 15) is 9.18 Å². The molecule has 1 aliphatic rings. The predicted molar refractivity (Wildman–Crippen MR) is 120 cm³/mol. The molecule has 5 rings (SSSR count). The minimum Gasteiger partial charge on any atom is -0.483 e. The van der Waals surface area contributed by atoms with Crippen molar-refractivity contribution < 1.29 is 23.4 Å². The van der Waals surface area contributed by atoms with Crippen LogP contribution in [0.3, 0.4) is 0 Å². The van der Waals surface area contributed by atoms with Crippen LogP contribution in [0.1, 0.15) is 16.2 Å². The van der Waals surface area contributed by atoms with Gasteiger partial charge in [-0.2, -0.15) is 0 Å². The van der Waals surface area contributed by atoms with Gasteiger partial charge in [0.05, 0.1) is 5.75 Å². The fraction of sp³-hybridized carbons (Fsp3) is 0.125. The van der Waals surface area contributed by atoms with Gasteiger partial charge in [-0.05, 0) is 42.5 Å². The molecule has 0 saturated carbocycles. The zero-order valence-corrected chi connectivity index (χ0v) is 18.1. The summed E-state index contributed by atoms with van der Waals surface area (Å²) in [6.07, 6.45) is 0. The minimum atomic E-state index is -0.452. The third-order valence-electron chi connectivity index (χ3n) is 4.94. The molecule has 0 fully saturated rings. The Kier molecular flexibility index (Phi) is 5.95. The van der Waals surface area contributed by atoms with E-state index in [2.05, 4.69) is 10.2 Å². The molecular weight excluding hydrogens is 445 g/mol. The molecule has 7 nitrogen and oxygen atoms in total. The van der Waals surface area contributed by atoms with E-state index in [1.165, 1.54) is 17.8 Å². The number of carbonyl (C=O) groups is 1. The van der Waals surface area contributed by atoms with Crippen molar-refractivity contribution in [2.75, 3.05) is 12.5 Å². The van der Waals surface area contributed by atoms with Gasteiger partial charge in [0.25, 0.3) is 0 Å². The summed E-state index contributed by atoms with van der Waals surface area (Å²) in [6, 6.07) is 20.8. The van der Waals surface area contributed by atoms with E-state index in [4.69, 9.17) is 14.2 Å². The summed E-state index contributed by atoms with van der Waals surface area (Å²) in [5.74, 6) is 1.43. The number of benzene rings is 3. The predicted octanol–water partition coefficient (Wildman–Crippen LogP) is 4.69. The molecule has 1 aliphatic heterocycles. The summed E-state index contributed by atoms with van der Waals surface area (Å²) in [6.45, 7) is 0.166. The van der Waals surface area contributed by atoms with Crippen molar-refractivity contribution in [1.82, 2.24) is 14.8 Å². The first-order valence-corrected chi connectivity index (χ1v) is 11.1. The summed E-state index contributed by atoms with van der Waals surface area (Å²) in [4.78, 5) is 12.8. The molecule has 9 heteroatoms. The first-order valence-electron chi connectivity index (χ1n) is 10.1. The average Bonchev–Trinajstić information content (AvgIpc) is 3.49. The fourth-order valence-corrected chi connectivity index (χ4v) is 4.18. The highest BCUT2D eigenvalue weighted by Crippen LogP contribution is 2.33. The largest absolute Gasteiger partial charge is 0.483 e. The maximum atomic E-state index is 13.9. The van der Waals surface area contributed by atoms with Gasteiger partial charge in [-0.25, -0.2) is 4.39 Å². The lowest BCUT2D eigenvalue weighted by atomic mass is 10.1. The molecule has 0 aliphatic carbocycles. The highest BCUT2D eigenvalue weighted by Gasteiger charge is 2.19. The normalized spacial score (nSPS) is 12.0. The Morgan fingerprint density at radius 3 is 2.64 bits per heavy atom. The summed E-state index contributed by atoms with van der Waals surface area (Å²) < 4.78 is 32.0. The maximum Gasteiger partial charge on any atom is 0.231 e. The lowest BCUT2D eigenvalue weighted by molar-refractivity contribution is 0.102. The number of ether oxygens (including phenoxy) is 3. The van der Waals surface area contributed by atoms with Gasteiger partial charge in [-0.3, -0.25) is 9.36 Å². The first kappa shape index (κ1) is 21.0. The van der Waals surface area contributed by atoms with Gasteiger partial charge in [-0.1, -0.05) is 42.1 Å². The van der Waals surface area contributed by atoms with Crippen molar-refractivity contribution in [2.45, 2.75) is 11.8 Å². The van der Waals surface area contributed by atoms with E-state index in [0.717, 1.165) is 5.69 Å². The molecule has 0 saturated heterocycles. The second-order valence-electron chi connectivity index (χ2n) is 7.07. The summed E-state index contributed by atoms with van der Waals surface area (Å²) in [5, 5.41) is 9.02. The van der Waals surface area contributed by atoms with Gasteiger partial charge in [0.2, 0.25) is 6.79 Å². The van der Waals surface area contributed by atoms with Crippen LogP contribution in [0.5, 0.6) is 17.2 Å². The van der Waals surface area contributed by atoms with Crippen molar-refractivity contribution in [2.24, 2.45) is 0 Å². The Hall–Kier alpha value is -3.85. The van der Waals surface area contributed by atoms with Crippen LogP contribution in [-0.4, -0.2) is 33.1 Å². The van der Waals surface area contributed by atoms with Crippen molar-refractivity contribution >= 4 is 17.5 Å². The van der Waals surface area contributed by atoms with Gasteiger partial charge >= 0.3 is 0 Å². The lowest BCUT2D eigenvalue weighted by Gasteiger charge is -2.11. The number of hydrogen-bond donors (Lipinski definition) is 0. The topological polar surface area (TPSA) is 75.5 Å². The molecule has 0 amide bonds. The van der Waals surface area contributed by atoms with Crippen molar-refractivity contribution in [3.05, 3.63) is 90.0 Å². The van der Waals surface area contributed by atoms with E-state index in [1.54, 1.807) is 41.0 Å². The van der Waals surface area contributed by atoms with E-state index < -0.39 is 5.82 Å². The van der Waals surface area contributed by atoms with E-state index in [1.807, 2.05) is 30.3 Å². The molecule has 0 bridgehead atoms.